The zero-order chi connectivity index (χ0) is 15.2. The fourth-order valence-electron chi connectivity index (χ4n) is 1.67. The van der Waals surface area contributed by atoms with E-state index in [9.17, 15) is 4.79 Å². The Balaban J connectivity index is 2.06. The number of amides is 1. The van der Waals surface area contributed by atoms with Gasteiger partial charge in [0.25, 0.3) is 0 Å². The molecule has 0 radical (unpaired) electrons. The highest BCUT2D eigenvalue weighted by Gasteiger charge is 2.21. The van der Waals surface area contributed by atoms with E-state index in [1.54, 1.807) is 19.2 Å². The Morgan fingerprint density at radius 2 is 2.24 bits per heavy atom. The van der Waals surface area contributed by atoms with Crippen LogP contribution in [0.5, 0.6) is 5.75 Å². The summed E-state index contributed by atoms with van der Waals surface area (Å²) in [5, 5.41) is 10.7. The number of rotatable bonds is 6. The second-order valence-electron chi connectivity index (χ2n) is 4.11. The van der Waals surface area contributed by atoms with E-state index in [0.717, 1.165) is 0 Å². The van der Waals surface area contributed by atoms with Gasteiger partial charge in [0.05, 0.1) is 18.0 Å². The Kier molecular flexibility index (Phi) is 5.40. The number of hydrogen-bond donors (Lipinski definition) is 2. The van der Waals surface area contributed by atoms with Crippen LogP contribution in [-0.4, -0.2) is 28.5 Å². The molecule has 0 saturated carbocycles. The van der Waals surface area contributed by atoms with Gasteiger partial charge in [-0.15, -0.1) is 10.2 Å². The summed E-state index contributed by atoms with van der Waals surface area (Å²) in [6, 6.07) is 7.30. The van der Waals surface area contributed by atoms with Gasteiger partial charge in [-0.3, -0.25) is 4.79 Å². The van der Waals surface area contributed by atoms with Gasteiger partial charge in [-0.2, -0.15) is 0 Å². The maximum Gasteiger partial charge on any atom is 0.238 e. The van der Waals surface area contributed by atoms with Crippen molar-refractivity contribution in [3.8, 4) is 5.75 Å². The number of ether oxygens (including phenoxy) is 1. The van der Waals surface area contributed by atoms with Gasteiger partial charge in [0.15, 0.2) is 4.34 Å². The van der Waals surface area contributed by atoms with Gasteiger partial charge in [-0.25, -0.2) is 0 Å². The second kappa shape index (κ2) is 7.28. The number of nitrogens with zero attached hydrogens (tertiary/aromatic N) is 2. The number of nitrogens with one attached hydrogen (secondary N) is 1. The van der Waals surface area contributed by atoms with Crippen LogP contribution in [0.4, 0.5) is 10.8 Å². The first-order valence-electron chi connectivity index (χ1n) is 6.33. The zero-order valence-electron chi connectivity index (χ0n) is 11.7. The van der Waals surface area contributed by atoms with Crippen molar-refractivity contribution < 1.29 is 9.53 Å². The van der Waals surface area contributed by atoms with Crippen molar-refractivity contribution in [2.45, 2.75) is 22.9 Å². The lowest BCUT2D eigenvalue weighted by molar-refractivity contribution is -0.115. The molecule has 1 aromatic carbocycles. The van der Waals surface area contributed by atoms with Gasteiger partial charge in [0, 0.05) is 0 Å². The van der Waals surface area contributed by atoms with Gasteiger partial charge in [-0.1, -0.05) is 42.2 Å². The minimum absolute atomic E-state index is 0.0965. The van der Waals surface area contributed by atoms with Gasteiger partial charge >= 0.3 is 0 Å². The van der Waals surface area contributed by atoms with Crippen molar-refractivity contribution in [3.05, 3.63) is 24.3 Å². The average molecular weight is 324 g/mol. The molecule has 112 valence electrons. The van der Waals surface area contributed by atoms with Gasteiger partial charge < -0.3 is 15.8 Å². The van der Waals surface area contributed by atoms with E-state index in [1.165, 1.54) is 23.1 Å². The van der Waals surface area contributed by atoms with E-state index in [2.05, 4.69) is 15.5 Å². The molecule has 8 heteroatoms. The molecule has 0 spiro atoms. The van der Waals surface area contributed by atoms with Crippen LogP contribution >= 0.6 is 23.1 Å². The summed E-state index contributed by atoms with van der Waals surface area (Å²) in [5.41, 5.74) is 6.20. The SMILES string of the molecule is CCC(Sc1nnc(N)s1)C(=O)Nc1ccccc1OC. The van der Waals surface area contributed by atoms with E-state index in [1.807, 2.05) is 19.1 Å². The summed E-state index contributed by atoms with van der Waals surface area (Å²) in [5.74, 6) is 0.534. The zero-order valence-corrected chi connectivity index (χ0v) is 13.3. The van der Waals surface area contributed by atoms with Crippen molar-refractivity contribution in [1.82, 2.24) is 10.2 Å². The third-order valence-electron chi connectivity index (χ3n) is 2.69. The standard InChI is InChI=1S/C13H16N4O2S2/c1-3-10(20-13-17-16-12(14)21-13)11(18)15-8-6-4-5-7-9(8)19-2/h4-7,10H,3H2,1-2H3,(H2,14,16)(H,15,18). The van der Waals surface area contributed by atoms with E-state index in [0.29, 0.717) is 27.3 Å². The number of benzene rings is 1. The van der Waals surface area contributed by atoms with E-state index < -0.39 is 0 Å². The monoisotopic (exact) mass is 324 g/mol. The molecule has 1 unspecified atom stereocenters. The molecule has 2 aromatic rings. The largest absolute Gasteiger partial charge is 0.495 e. The lowest BCUT2D eigenvalue weighted by Crippen LogP contribution is -2.24. The summed E-state index contributed by atoms with van der Waals surface area (Å²) in [4.78, 5) is 12.4. The number of anilines is 2. The number of carbonyl (C=O) groups excluding carboxylic acids is 1. The van der Waals surface area contributed by atoms with Gasteiger partial charge in [0.2, 0.25) is 11.0 Å². The average Bonchev–Trinajstić information content (AvgIpc) is 2.90. The van der Waals surface area contributed by atoms with Crippen LogP contribution in [0, 0.1) is 0 Å². The predicted molar refractivity (Wildman–Crippen MR) is 85.9 cm³/mol. The van der Waals surface area contributed by atoms with Crippen molar-refractivity contribution in [2.24, 2.45) is 0 Å². The molecule has 21 heavy (non-hydrogen) atoms. The third-order valence-corrected chi connectivity index (χ3v) is 4.89. The Hall–Kier alpha value is -1.80. The molecule has 1 atom stereocenters. The Bertz CT molecular complexity index is 618. The first kappa shape index (κ1) is 15.6. The van der Waals surface area contributed by atoms with Crippen LogP contribution in [0.25, 0.3) is 0 Å². The second-order valence-corrected chi connectivity index (χ2v) is 6.57. The molecule has 1 aromatic heterocycles. The Morgan fingerprint density at radius 1 is 1.48 bits per heavy atom. The highest BCUT2D eigenvalue weighted by Crippen LogP contribution is 2.31. The lowest BCUT2D eigenvalue weighted by atomic mass is 10.2. The number of nitrogen functional groups attached to an aromatic ring is 1. The number of methoxy groups -OCH3 is 1. The smallest absolute Gasteiger partial charge is 0.238 e. The van der Waals surface area contributed by atoms with Crippen molar-refractivity contribution in [2.75, 3.05) is 18.2 Å². The number of hydrogen-bond acceptors (Lipinski definition) is 7. The lowest BCUT2D eigenvalue weighted by Gasteiger charge is -2.14. The maximum atomic E-state index is 12.4. The molecule has 0 saturated heterocycles. The molecule has 6 nitrogen and oxygen atoms in total. The van der Waals surface area contributed by atoms with E-state index >= 15 is 0 Å². The van der Waals surface area contributed by atoms with Crippen LogP contribution in [0.2, 0.25) is 0 Å². The van der Waals surface area contributed by atoms with Crippen LogP contribution in [0.1, 0.15) is 13.3 Å². The fraction of sp³-hybridized carbons (Fsp3) is 0.308. The normalized spacial score (nSPS) is 11.9. The van der Waals surface area contributed by atoms with Crippen molar-refractivity contribution in [3.63, 3.8) is 0 Å². The molecule has 1 amide bonds. The van der Waals surface area contributed by atoms with Gasteiger partial charge in [0.1, 0.15) is 5.75 Å². The molecule has 3 N–H and O–H groups in total. The minimum Gasteiger partial charge on any atom is -0.495 e. The quantitative estimate of drug-likeness (QED) is 0.794. The van der Waals surface area contributed by atoms with Crippen LogP contribution in [0.3, 0.4) is 0 Å². The summed E-state index contributed by atoms with van der Waals surface area (Å²) in [6.45, 7) is 1.95. The van der Waals surface area contributed by atoms with Crippen LogP contribution < -0.4 is 15.8 Å². The number of thioether (sulfide) groups is 1. The molecule has 0 bridgehead atoms. The van der Waals surface area contributed by atoms with E-state index in [-0.39, 0.29) is 11.2 Å². The topological polar surface area (TPSA) is 90.1 Å². The molecule has 0 aliphatic heterocycles. The number of carbonyl (C=O) groups is 1. The fourth-order valence-corrected chi connectivity index (χ4v) is 3.48. The molecular formula is C13H16N4O2S2. The number of nitrogens with two attached hydrogens (primary N) is 1. The first-order chi connectivity index (χ1) is 10.1. The minimum atomic E-state index is -0.262. The molecular weight excluding hydrogens is 308 g/mol. The molecule has 0 aliphatic carbocycles. The highest BCUT2D eigenvalue weighted by molar-refractivity contribution is 8.02. The van der Waals surface area contributed by atoms with Crippen LogP contribution in [-0.2, 0) is 4.79 Å². The summed E-state index contributed by atoms with van der Waals surface area (Å²) in [6.07, 6.45) is 0.672. The molecule has 2 rings (SSSR count). The highest BCUT2D eigenvalue weighted by atomic mass is 32.2. The number of para-hydroxylation sites is 2. The summed E-state index contributed by atoms with van der Waals surface area (Å²) in [7, 11) is 1.57. The Morgan fingerprint density at radius 3 is 2.86 bits per heavy atom. The Labute approximate surface area is 131 Å². The maximum absolute atomic E-state index is 12.4. The molecule has 0 aliphatic rings. The third kappa shape index (κ3) is 4.08. The number of aromatic nitrogens is 2. The molecule has 0 fully saturated rings. The van der Waals surface area contributed by atoms with Crippen LogP contribution in [0.15, 0.2) is 28.6 Å². The van der Waals surface area contributed by atoms with Gasteiger partial charge in [-0.05, 0) is 18.6 Å². The predicted octanol–water partition coefficient (Wildman–Crippen LogP) is 2.64. The molecule has 1 heterocycles. The van der Waals surface area contributed by atoms with E-state index in [4.69, 9.17) is 10.5 Å². The first-order valence-corrected chi connectivity index (χ1v) is 8.03. The summed E-state index contributed by atoms with van der Waals surface area (Å²) < 4.78 is 5.91. The van der Waals surface area contributed by atoms with Crippen molar-refractivity contribution in [1.29, 1.82) is 0 Å². The van der Waals surface area contributed by atoms with Crippen molar-refractivity contribution >= 4 is 39.8 Å². The summed E-state index contributed by atoms with van der Waals surface area (Å²) >= 11 is 2.64.